The van der Waals surface area contributed by atoms with E-state index in [-0.39, 0.29) is 11.8 Å². The van der Waals surface area contributed by atoms with Gasteiger partial charge in [-0.2, -0.15) is 0 Å². The molecule has 1 aliphatic rings. The Kier molecular flexibility index (Phi) is 5.63. The summed E-state index contributed by atoms with van der Waals surface area (Å²) in [5, 5.41) is 12.8. The van der Waals surface area contributed by atoms with Gasteiger partial charge in [0.05, 0.1) is 19.2 Å². The summed E-state index contributed by atoms with van der Waals surface area (Å²) >= 11 is 0. The Labute approximate surface area is 130 Å². The molecule has 0 bridgehead atoms. The molecule has 22 heavy (non-hydrogen) atoms. The van der Waals surface area contributed by atoms with Crippen LogP contribution in [0.15, 0.2) is 29.3 Å². The number of nitrogens with zero attached hydrogens (tertiary/aromatic N) is 2. The number of phenols is 1. The molecule has 1 atom stereocenters. The second kappa shape index (κ2) is 7.68. The number of unbranched alkanes of at least 4 members (excludes halogenated alkanes) is 1. The molecule has 0 saturated carbocycles. The quantitative estimate of drug-likeness (QED) is 0.877. The van der Waals surface area contributed by atoms with Gasteiger partial charge in [0.25, 0.3) is 0 Å². The van der Waals surface area contributed by atoms with E-state index in [1.54, 1.807) is 19.1 Å². The van der Waals surface area contributed by atoms with Gasteiger partial charge in [0.15, 0.2) is 0 Å². The number of benzene rings is 1. The first-order valence-corrected chi connectivity index (χ1v) is 7.70. The van der Waals surface area contributed by atoms with Crippen LogP contribution in [0.2, 0.25) is 0 Å². The van der Waals surface area contributed by atoms with Crippen molar-refractivity contribution in [2.45, 2.75) is 32.7 Å². The first-order valence-electron chi connectivity index (χ1n) is 7.70. The van der Waals surface area contributed by atoms with Crippen molar-refractivity contribution in [2.75, 3.05) is 19.7 Å². The number of amides is 1. The number of alkyl carbamates (subject to hydrolysis) is 1. The summed E-state index contributed by atoms with van der Waals surface area (Å²) in [6.07, 6.45) is 1.52. The van der Waals surface area contributed by atoms with Gasteiger partial charge in [-0.05, 0) is 19.4 Å². The van der Waals surface area contributed by atoms with Crippen LogP contribution in [0.4, 0.5) is 4.79 Å². The normalized spacial score (nSPS) is 17.3. The Bertz CT molecular complexity index is 545. The molecular formula is C16H23N3O3. The van der Waals surface area contributed by atoms with Crippen LogP contribution in [-0.2, 0) is 4.74 Å². The van der Waals surface area contributed by atoms with Gasteiger partial charge >= 0.3 is 6.09 Å². The zero-order valence-electron chi connectivity index (χ0n) is 13.1. The summed E-state index contributed by atoms with van der Waals surface area (Å²) < 4.78 is 4.91. The van der Waals surface area contributed by atoms with Crippen LogP contribution < -0.4 is 5.32 Å². The van der Waals surface area contributed by atoms with Crippen molar-refractivity contribution in [3.63, 3.8) is 0 Å². The summed E-state index contributed by atoms with van der Waals surface area (Å²) in [6.45, 7) is 5.46. The minimum absolute atomic E-state index is 0.0651. The highest BCUT2D eigenvalue weighted by Gasteiger charge is 2.31. The van der Waals surface area contributed by atoms with Gasteiger partial charge in [0, 0.05) is 12.1 Å². The fourth-order valence-electron chi connectivity index (χ4n) is 2.51. The van der Waals surface area contributed by atoms with Crippen LogP contribution in [0.5, 0.6) is 5.75 Å². The molecule has 0 fully saturated rings. The first-order chi connectivity index (χ1) is 10.7. The molecule has 0 radical (unpaired) electrons. The number of ether oxygens (including phenoxy) is 1. The number of carbonyl (C=O) groups is 1. The van der Waals surface area contributed by atoms with E-state index < -0.39 is 6.09 Å². The molecule has 120 valence electrons. The van der Waals surface area contributed by atoms with E-state index in [0.717, 1.165) is 24.9 Å². The summed E-state index contributed by atoms with van der Waals surface area (Å²) in [5.74, 6) is 0.765. The third-order valence-electron chi connectivity index (χ3n) is 3.60. The molecule has 1 heterocycles. The number of rotatable bonds is 5. The maximum atomic E-state index is 11.6. The smallest absolute Gasteiger partial charge is 0.413 e. The molecule has 1 amide bonds. The lowest BCUT2D eigenvalue weighted by atomic mass is 10.0. The monoisotopic (exact) mass is 305 g/mol. The van der Waals surface area contributed by atoms with Gasteiger partial charge in [0.2, 0.25) is 5.96 Å². The largest absolute Gasteiger partial charge is 0.508 e. The van der Waals surface area contributed by atoms with Gasteiger partial charge in [-0.1, -0.05) is 31.5 Å². The lowest BCUT2D eigenvalue weighted by Crippen LogP contribution is -2.43. The zero-order valence-corrected chi connectivity index (χ0v) is 13.1. The highest BCUT2D eigenvalue weighted by Crippen LogP contribution is 2.32. The van der Waals surface area contributed by atoms with Gasteiger partial charge < -0.3 is 14.7 Å². The standard InChI is InChI=1S/C16H23N3O3/c1-3-5-10-19-13(12-8-6-7-9-14(12)20)11-17-15(19)18-16(21)22-4-2/h6-9,13,20H,3-5,10-11H2,1-2H3,(H,17,18,21). The third kappa shape index (κ3) is 3.69. The molecule has 0 aromatic heterocycles. The first kappa shape index (κ1) is 16.1. The SMILES string of the molecule is CCCCN1C(NC(=O)OCC)=NCC1c1ccccc1O. The fraction of sp³-hybridized carbons (Fsp3) is 0.500. The Morgan fingerprint density at radius 3 is 2.91 bits per heavy atom. The van der Waals surface area contributed by atoms with Crippen LogP contribution in [0.25, 0.3) is 0 Å². The number of guanidine groups is 1. The predicted octanol–water partition coefficient (Wildman–Crippen LogP) is 2.65. The molecule has 2 N–H and O–H groups in total. The Balaban J connectivity index is 2.15. The van der Waals surface area contributed by atoms with E-state index in [2.05, 4.69) is 17.2 Å². The Hall–Kier alpha value is -2.24. The van der Waals surface area contributed by atoms with Crippen LogP contribution >= 0.6 is 0 Å². The molecule has 1 aromatic carbocycles. The average Bonchev–Trinajstić information content (AvgIpc) is 2.88. The van der Waals surface area contributed by atoms with Crippen molar-refractivity contribution in [1.82, 2.24) is 10.2 Å². The number of aliphatic imine (C=N–C) groups is 1. The van der Waals surface area contributed by atoms with Crippen LogP contribution in [0.1, 0.15) is 38.3 Å². The molecule has 0 aliphatic carbocycles. The zero-order chi connectivity index (χ0) is 15.9. The van der Waals surface area contributed by atoms with Crippen LogP contribution in [0.3, 0.4) is 0 Å². The Morgan fingerprint density at radius 2 is 2.23 bits per heavy atom. The predicted molar refractivity (Wildman–Crippen MR) is 84.9 cm³/mol. The number of carbonyl (C=O) groups excluding carboxylic acids is 1. The molecule has 6 nitrogen and oxygen atoms in total. The minimum atomic E-state index is -0.499. The lowest BCUT2D eigenvalue weighted by Gasteiger charge is -2.28. The van der Waals surface area contributed by atoms with Crippen molar-refractivity contribution < 1.29 is 14.6 Å². The fourth-order valence-corrected chi connectivity index (χ4v) is 2.51. The van der Waals surface area contributed by atoms with Crippen LogP contribution in [-0.4, -0.2) is 41.8 Å². The number of hydrogen-bond donors (Lipinski definition) is 2. The minimum Gasteiger partial charge on any atom is -0.508 e. The molecule has 6 heteroatoms. The third-order valence-corrected chi connectivity index (χ3v) is 3.60. The summed E-state index contributed by atoms with van der Waals surface area (Å²) in [5.41, 5.74) is 0.822. The summed E-state index contributed by atoms with van der Waals surface area (Å²) in [7, 11) is 0. The Morgan fingerprint density at radius 1 is 1.45 bits per heavy atom. The van der Waals surface area contributed by atoms with Crippen molar-refractivity contribution in [2.24, 2.45) is 4.99 Å². The van der Waals surface area contributed by atoms with E-state index in [9.17, 15) is 9.90 Å². The maximum Gasteiger partial charge on any atom is 0.413 e. The van der Waals surface area contributed by atoms with Gasteiger partial charge in [-0.15, -0.1) is 0 Å². The van der Waals surface area contributed by atoms with Crippen molar-refractivity contribution in [3.8, 4) is 5.75 Å². The van der Waals surface area contributed by atoms with Crippen molar-refractivity contribution >= 4 is 12.1 Å². The molecule has 1 aromatic rings. The second-order valence-corrected chi connectivity index (χ2v) is 5.13. The van der Waals surface area contributed by atoms with E-state index >= 15 is 0 Å². The summed E-state index contributed by atoms with van der Waals surface area (Å²) in [6, 6.07) is 7.18. The van der Waals surface area contributed by atoms with E-state index in [4.69, 9.17) is 4.74 Å². The molecule has 0 spiro atoms. The molecule has 1 aliphatic heterocycles. The second-order valence-electron chi connectivity index (χ2n) is 5.13. The summed E-state index contributed by atoms with van der Waals surface area (Å²) in [4.78, 5) is 18.1. The molecular weight excluding hydrogens is 282 g/mol. The lowest BCUT2D eigenvalue weighted by molar-refractivity contribution is 0.156. The van der Waals surface area contributed by atoms with Crippen molar-refractivity contribution in [3.05, 3.63) is 29.8 Å². The van der Waals surface area contributed by atoms with Crippen molar-refractivity contribution in [1.29, 1.82) is 0 Å². The van der Waals surface area contributed by atoms with Gasteiger partial charge in [-0.25, -0.2) is 4.79 Å². The number of hydrogen-bond acceptors (Lipinski definition) is 5. The topological polar surface area (TPSA) is 74.2 Å². The number of nitrogens with one attached hydrogen (secondary N) is 1. The average molecular weight is 305 g/mol. The molecule has 0 saturated heterocycles. The van der Waals surface area contributed by atoms with Gasteiger partial charge in [-0.3, -0.25) is 10.3 Å². The van der Waals surface area contributed by atoms with Gasteiger partial charge in [0.1, 0.15) is 5.75 Å². The van der Waals surface area contributed by atoms with E-state index in [1.807, 2.05) is 17.0 Å². The maximum absolute atomic E-state index is 11.6. The number of aromatic hydroxyl groups is 1. The number of phenolic OH excluding ortho intramolecular Hbond substituents is 1. The highest BCUT2D eigenvalue weighted by atomic mass is 16.5. The number of para-hydroxylation sites is 1. The molecule has 1 unspecified atom stereocenters. The van der Waals surface area contributed by atoms with Crippen LogP contribution in [0, 0.1) is 0 Å². The van der Waals surface area contributed by atoms with E-state index in [1.165, 1.54) is 0 Å². The van der Waals surface area contributed by atoms with E-state index in [0.29, 0.717) is 19.1 Å². The molecule has 2 rings (SSSR count). The highest BCUT2D eigenvalue weighted by molar-refractivity contribution is 5.95.